The molecular weight excluding hydrogens is 376 g/mol. The molecule has 0 atom stereocenters. The second-order valence-electron chi connectivity index (χ2n) is 7.85. The summed E-state index contributed by atoms with van der Waals surface area (Å²) in [5.41, 5.74) is 3.15. The van der Waals surface area contributed by atoms with E-state index >= 15 is 0 Å². The number of hydrogen-bond acceptors (Lipinski definition) is 3. The van der Waals surface area contributed by atoms with Gasteiger partial charge < -0.3 is 14.5 Å². The SMILES string of the molecule is COc1ccc(C)cc1CN(C)C(=O)C1CCN(C(=O)/C=C/c2ccccc2)CC1. The highest BCUT2D eigenvalue weighted by Gasteiger charge is 2.28. The van der Waals surface area contributed by atoms with Gasteiger partial charge in [-0.15, -0.1) is 0 Å². The van der Waals surface area contributed by atoms with Crippen LogP contribution in [-0.2, 0) is 16.1 Å². The summed E-state index contributed by atoms with van der Waals surface area (Å²) in [7, 11) is 3.49. The van der Waals surface area contributed by atoms with Crippen LogP contribution in [0, 0.1) is 12.8 Å². The van der Waals surface area contributed by atoms with Crippen LogP contribution in [0.3, 0.4) is 0 Å². The third kappa shape index (κ3) is 5.50. The molecule has 2 aromatic carbocycles. The van der Waals surface area contributed by atoms with Gasteiger partial charge in [-0.3, -0.25) is 9.59 Å². The van der Waals surface area contributed by atoms with E-state index in [1.54, 1.807) is 18.1 Å². The predicted octanol–water partition coefficient (Wildman–Crippen LogP) is 3.91. The maximum atomic E-state index is 12.9. The lowest BCUT2D eigenvalue weighted by atomic mass is 9.95. The van der Waals surface area contributed by atoms with Gasteiger partial charge in [0.1, 0.15) is 5.75 Å². The zero-order valence-electron chi connectivity index (χ0n) is 18.0. The van der Waals surface area contributed by atoms with E-state index in [0.717, 1.165) is 22.4 Å². The van der Waals surface area contributed by atoms with Gasteiger partial charge in [-0.2, -0.15) is 0 Å². The molecule has 158 valence electrons. The van der Waals surface area contributed by atoms with E-state index < -0.39 is 0 Å². The number of nitrogens with zero attached hydrogens (tertiary/aromatic N) is 2. The molecule has 0 bridgehead atoms. The average Bonchev–Trinajstić information content (AvgIpc) is 2.78. The molecule has 0 unspecified atom stereocenters. The fourth-order valence-electron chi connectivity index (χ4n) is 3.86. The highest BCUT2D eigenvalue weighted by molar-refractivity contribution is 5.92. The minimum Gasteiger partial charge on any atom is -0.496 e. The van der Waals surface area contributed by atoms with E-state index in [0.29, 0.717) is 32.5 Å². The van der Waals surface area contributed by atoms with Gasteiger partial charge in [-0.25, -0.2) is 0 Å². The van der Waals surface area contributed by atoms with Gasteiger partial charge in [0.2, 0.25) is 11.8 Å². The van der Waals surface area contributed by atoms with Crippen LogP contribution in [0.4, 0.5) is 0 Å². The number of methoxy groups -OCH3 is 1. The summed E-state index contributed by atoms with van der Waals surface area (Å²) >= 11 is 0. The van der Waals surface area contributed by atoms with Gasteiger partial charge in [-0.05, 0) is 37.5 Å². The number of ether oxygens (including phenoxy) is 1. The van der Waals surface area contributed by atoms with Gasteiger partial charge >= 0.3 is 0 Å². The number of benzene rings is 2. The Labute approximate surface area is 178 Å². The number of rotatable bonds is 6. The van der Waals surface area contributed by atoms with Crippen molar-refractivity contribution < 1.29 is 14.3 Å². The maximum Gasteiger partial charge on any atom is 0.246 e. The van der Waals surface area contributed by atoms with E-state index in [4.69, 9.17) is 4.74 Å². The summed E-state index contributed by atoms with van der Waals surface area (Å²) in [4.78, 5) is 29.0. The fourth-order valence-corrected chi connectivity index (χ4v) is 3.86. The molecule has 5 nitrogen and oxygen atoms in total. The van der Waals surface area contributed by atoms with Gasteiger partial charge in [-0.1, -0.05) is 48.0 Å². The molecule has 30 heavy (non-hydrogen) atoms. The standard InChI is InChI=1S/C25H30N2O3/c1-19-9-11-23(30-3)22(17-19)18-26(2)25(29)21-13-15-27(16-14-21)24(28)12-10-20-7-5-4-6-8-20/h4-12,17,21H,13-16,18H2,1-3H3/b12-10+. The van der Waals surface area contributed by atoms with Gasteiger partial charge in [0.15, 0.2) is 0 Å². The summed E-state index contributed by atoms with van der Waals surface area (Å²) in [6.07, 6.45) is 4.84. The monoisotopic (exact) mass is 406 g/mol. The van der Waals surface area contributed by atoms with Crippen LogP contribution in [-0.4, -0.2) is 48.9 Å². The Morgan fingerprint density at radius 2 is 1.83 bits per heavy atom. The largest absolute Gasteiger partial charge is 0.496 e. The van der Waals surface area contributed by atoms with Gasteiger partial charge in [0, 0.05) is 44.2 Å². The van der Waals surface area contributed by atoms with E-state index in [9.17, 15) is 9.59 Å². The fraction of sp³-hybridized carbons (Fsp3) is 0.360. The zero-order valence-corrected chi connectivity index (χ0v) is 18.0. The first-order valence-electron chi connectivity index (χ1n) is 10.4. The van der Waals surface area contributed by atoms with Crippen LogP contribution in [0.1, 0.15) is 29.5 Å². The number of piperidine rings is 1. The van der Waals surface area contributed by atoms with Crippen molar-refractivity contribution in [3.8, 4) is 5.75 Å². The summed E-state index contributed by atoms with van der Waals surface area (Å²) in [5, 5.41) is 0. The van der Waals surface area contributed by atoms with Crippen molar-refractivity contribution in [1.82, 2.24) is 9.80 Å². The van der Waals surface area contributed by atoms with Crippen LogP contribution >= 0.6 is 0 Å². The molecular formula is C25H30N2O3. The molecule has 0 spiro atoms. The number of likely N-dealkylation sites (tertiary alicyclic amines) is 1. The third-order valence-electron chi connectivity index (χ3n) is 5.59. The Morgan fingerprint density at radius 3 is 2.50 bits per heavy atom. The number of hydrogen-bond donors (Lipinski definition) is 0. The second kappa shape index (κ2) is 10.1. The molecule has 1 aliphatic heterocycles. The van der Waals surface area contributed by atoms with Crippen LogP contribution in [0.5, 0.6) is 5.75 Å². The lowest BCUT2D eigenvalue weighted by molar-refractivity contribution is -0.138. The number of amides is 2. The Balaban J connectivity index is 1.53. The molecule has 1 fully saturated rings. The van der Waals surface area contributed by atoms with Crippen molar-refractivity contribution in [2.45, 2.75) is 26.3 Å². The summed E-state index contributed by atoms with van der Waals surface area (Å²) in [5.74, 6) is 0.881. The third-order valence-corrected chi connectivity index (χ3v) is 5.59. The minimum absolute atomic E-state index is 0.00241. The Kier molecular flexibility index (Phi) is 7.28. The van der Waals surface area contributed by atoms with Crippen molar-refractivity contribution in [3.63, 3.8) is 0 Å². The topological polar surface area (TPSA) is 49.9 Å². The molecule has 1 heterocycles. The summed E-state index contributed by atoms with van der Waals surface area (Å²) in [6, 6.07) is 15.8. The molecule has 1 saturated heterocycles. The molecule has 2 aromatic rings. The molecule has 0 aromatic heterocycles. The molecule has 1 aliphatic rings. The smallest absolute Gasteiger partial charge is 0.246 e. The first-order valence-corrected chi connectivity index (χ1v) is 10.4. The first kappa shape index (κ1) is 21.6. The molecule has 0 N–H and O–H groups in total. The van der Waals surface area contributed by atoms with Crippen LogP contribution < -0.4 is 4.74 Å². The molecule has 3 rings (SSSR count). The van der Waals surface area contributed by atoms with E-state index in [1.807, 2.05) is 67.4 Å². The molecule has 0 aliphatic carbocycles. The van der Waals surface area contributed by atoms with Gasteiger partial charge in [0.05, 0.1) is 7.11 Å². The van der Waals surface area contributed by atoms with E-state index in [2.05, 4.69) is 6.07 Å². The minimum atomic E-state index is -0.0482. The zero-order chi connectivity index (χ0) is 21.5. The molecule has 0 saturated carbocycles. The Hall–Kier alpha value is -3.08. The number of carbonyl (C=O) groups excluding carboxylic acids is 2. The highest BCUT2D eigenvalue weighted by Crippen LogP contribution is 2.24. The number of aryl methyl sites for hydroxylation is 1. The molecule has 0 radical (unpaired) electrons. The predicted molar refractivity (Wildman–Crippen MR) is 119 cm³/mol. The molecule has 5 heteroatoms. The van der Waals surface area contributed by atoms with Crippen LogP contribution in [0.25, 0.3) is 6.08 Å². The highest BCUT2D eigenvalue weighted by atomic mass is 16.5. The second-order valence-corrected chi connectivity index (χ2v) is 7.85. The summed E-state index contributed by atoms with van der Waals surface area (Å²) < 4.78 is 5.43. The van der Waals surface area contributed by atoms with E-state index in [-0.39, 0.29) is 17.7 Å². The normalized spacial score (nSPS) is 14.7. The number of carbonyl (C=O) groups is 2. The summed E-state index contributed by atoms with van der Waals surface area (Å²) in [6.45, 7) is 3.76. The Bertz CT molecular complexity index is 900. The van der Waals surface area contributed by atoms with Gasteiger partial charge in [0.25, 0.3) is 0 Å². The lowest BCUT2D eigenvalue weighted by Gasteiger charge is -2.33. The molecule has 2 amide bonds. The van der Waals surface area contributed by atoms with E-state index in [1.165, 1.54) is 0 Å². The van der Waals surface area contributed by atoms with Crippen LogP contribution in [0.15, 0.2) is 54.6 Å². The maximum absolute atomic E-state index is 12.9. The Morgan fingerprint density at radius 1 is 1.13 bits per heavy atom. The van der Waals surface area contributed by atoms with Crippen molar-refractivity contribution >= 4 is 17.9 Å². The van der Waals surface area contributed by atoms with Crippen molar-refractivity contribution in [1.29, 1.82) is 0 Å². The quantitative estimate of drug-likeness (QED) is 0.684. The first-order chi connectivity index (χ1) is 14.5. The van der Waals surface area contributed by atoms with Crippen LogP contribution in [0.2, 0.25) is 0 Å². The lowest BCUT2D eigenvalue weighted by Crippen LogP contribution is -2.42. The van der Waals surface area contributed by atoms with Crippen molar-refractivity contribution in [2.24, 2.45) is 5.92 Å². The van der Waals surface area contributed by atoms with Crippen molar-refractivity contribution in [3.05, 3.63) is 71.3 Å². The van der Waals surface area contributed by atoms with Crippen molar-refractivity contribution in [2.75, 3.05) is 27.2 Å². The average molecular weight is 407 g/mol.